The number of fused-ring (bicyclic) bond motifs is 1. The van der Waals surface area contributed by atoms with E-state index in [2.05, 4.69) is 22.0 Å². The number of carbonyl (C=O) groups excluding carboxylic acids is 2. The highest BCUT2D eigenvalue weighted by molar-refractivity contribution is 6.08. The van der Waals surface area contributed by atoms with Crippen molar-refractivity contribution in [2.75, 3.05) is 0 Å². The number of carbonyl (C=O) groups is 2. The maximum atomic E-state index is 12.9. The van der Waals surface area contributed by atoms with Crippen molar-refractivity contribution in [1.82, 2.24) is 9.88 Å². The lowest BCUT2D eigenvalue weighted by atomic mass is 9.98. The lowest BCUT2D eigenvalue weighted by Crippen LogP contribution is -2.48. The first kappa shape index (κ1) is 18.7. The number of primary amides is 1. The lowest BCUT2D eigenvalue weighted by molar-refractivity contribution is -0.120. The van der Waals surface area contributed by atoms with E-state index in [0.717, 1.165) is 22.9 Å². The molecule has 27 heavy (non-hydrogen) atoms. The second-order valence-electron chi connectivity index (χ2n) is 6.91. The summed E-state index contributed by atoms with van der Waals surface area (Å²) in [6.07, 6.45) is 2.60. The summed E-state index contributed by atoms with van der Waals surface area (Å²) in [5.74, 6) is -0.808. The van der Waals surface area contributed by atoms with Crippen LogP contribution in [-0.2, 0) is 11.3 Å². The number of aromatic nitrogens is 1. The van der Waals surface area contributed by atoms with Gasteiger partial charge in [-0.1, -0.05) is 68.8 Å². The number of nitrogens with zero attached hydrogens (tertiary/aromatic N) is 1. The van der Waals surface area contributed by atoms with Gasteiger partial charge in [0.1, 0.15) is 6.04 Å². The molecule has 5 heteroatoms. The summed E-state index contributed by atoms with van der Waals surface area (Å²) in [5, 5.41) is 3.69. The van der Waals surface area contributed by atoms with E-state index in [1.807, 2.05) is 62.5 Å². The molecular formula is C22H25N3O2. The van der Waals surface area contributed by atoms with Crippen LogP contribution in [0.5, 0.6) is 0 Å². The average molecular weight is 363 g/mol. The summed E-state index contributed by atoms with van der Waals surface area (Å²) < 4.78 is 2.06. The third kappa shape index (κ3) is 4.03. The maximum absolute atomic E-state index is 12.9. The van der Waals surface area contributed by atoms with Gasteiger partial charge in [0.2, 0.25) is 5.91 Å². The van der Waals surface area contributed by atoms with E-state index in [-0.39, 0.29) is 11.8 Å². The zero-order valence-corrected chi connectivity index (χ0v) is 15.7. The second kappa shape index (κ2) is 8.08. The molecule has 0 fully saturated rings. The molecule has 2 atom stereocenters. The fraction of sp³-hybridized carbons (Fsp3) is 0.273. The number of hydrogen-bond acceptors (Lipinski definition) is 2. The molecular weight excluding hydrogens is 338 g/mol. The van der Waals surface area contributed by atoms with Gasteiger partial charge in [0.15, 0.2) is 0 Å². The van der Waals surface area contributed by atoms with Gasteiger partial charge in [-0.25, -0.2) is 0 Å². The maximum Gasteiger partial charge on any atom is 0.254 e. The Morgan fingerprint density at radius 1 is 1.07 bits per heavy atom. The Bertz CT molecular complexity index is 947. The first-order chi connectivity index (χ1) is 13.0. The van der Waals surface area contributed by atoms with Gasteiger partial charge in [-0.2, -0.15) is 0 Å². The van der Waals surface area contributed by atoms with E-state index in [1.165, 1.54) is 0 Å². The molecule has 0 saturated carbocycles. The van der Waals surface area contributed by atoms with Crippen LogP contribution in [0.2, 0.25) is 0 Å². The van der Waals surface area contributed by atoms with Gasteiger partial charge in [-0.05, 0) is 17.5 Å². The average Bonchev–Trinajstić information content (AvgIpc) is 3.04. The van der Waals surface area contributed by atoms with Crippen molar-refractivity contribution >= 4 is 22.7 Å². The number of para-hydroxylation sites is 1. The standard InChI is InChI=1S/C22H25N3O2/c1-3-15(2)20(21(23)26)24-22(27)18-14-25(13-16-9-5-4-6-10-16)19-12-8-7-11-17(18)19/h4-12,14-15,20H,3,13H2,1-2H3,(H2,23,26)(H,24,27). The minimum atomic E-state index is -0.682. The molecule has 0 bridgehead atoms. The minimum absolute atomic E-state index is 0.0240. The fourth-order valence-corrected chi connectivity index (χ4v) is 3.29. The van der Waals surface area contributed by atoms with Gasteiger partial charge in [-0.3, -0.25) is 9.59 Å². The Labute approximate surface area is 159 Å². The van der Waals surface area contributed by atoms with Crippen LogP contribution in [0.4, 0.5) is 0 Å². The van der Waals surface area contributed by atoms with Gasteiger partial charge >= 0.3 is 0 Å². The smallest absolute Gasteiger partial charge is 0.254 e. The van der Waals surface area contributed by atoms with Crippen molar-refractivity contribution in [3.63, 3.8) is 0 Å². The number of benzene rings is 2. The molecule has 2 unspecified atom stereocenters. The highest BCUT2D eigenvalue weighted by atomic mass is 16.2. The van der Waals surface area contributed by atoms with Crippen molar-refractivity contribution in [3.8, 4) is 0 Å². The monoisotopic (exact) mass is 363 g/mol. The van der Waals surface area contributed by atoms with Crippen LogP contribution in [0.1, 0.15) is 36.2 Å². The molecule has 5 nitrogen and oxygen atoms in total. The van der Waals surface area contributed by atoms with E-state index in [4.69, 9.17) is 5.73 Å². The third-order valence-corrected chi connectivity index (χ3v) is 5.04. The minimum Gasteiger partial charge on any atom is -0.368 e. The quantitative estimate of drug-likeness (QED) is 0.675. The zero-order valence-electron chi connectivity index (χ0n) is 15.7. The van der Waals surface area contributed by atoms with E-state index < -0.39 is 11.9 Å². The molecule has 0 aliphatic rings. The highest BCUT2D eigenvalue weighted by Crippen LogP contribution is 2.23. The molecule has 3 aromatic rings. The normalized spacial score (nSPS) is 13.3. The molecule has 0 aliphatic heterocycles. The summed E-state index contributed by atoms with van der Waals surface area (Å²) in [6.45, 7) is 4.55. The molecule has 1 heterocycles. The van der Waals surface area contributed by atoms with E-state index in [1.54, 1.807) is 0 Å². The zero-order chi connectivity index (χ0) is 19.4. The van der Waals surface area contributed by atoms with Crippen molar-refractivity contribution in [3.05, 3.63) is 71.9 Å². The molecule has 2 aromatic carbocycles. The van der Waals surface area contributed by atoms with E-state index in [9.17, 15) is 9.59 Å². The Balaban J connectivity index is 1.94. The molecule has 0 spiro atoms. The number of hydrogen-bond donors (Lipinski definition) is 2. The van der Waals surface area contributed by atoms with Crippen molar-refractivity contribution < 1.29 is 9.59 Å². The summed E-state index contributed by atoms with van der Waals surface area (Å²) in [4.78, 5) is 24.7. The van der Waals surface area contributed by atoms with Gasteiger partial charge in [0, 0.05) is 23.6 Å². The SMILES string of the molecule is CCC(C)C(NC(=O)c1cn(Cc2ccccc2)c2ccccc12)C(N)=O. The lowest BCUT2D eigenvalue weighted by Gasteiger charge is -2.20. The number of nitrogens with one attached hydrogen (secondary N) is 1. The molecule has 140 valence electrons. The molecule has 0 saturated heterocycles. The van der Waals surface area contributed by atoms with Gasteiger partial charge in [0.05, 0.1) is 5.56 Å². The van der Waals surface area contributed by atoms with Crippen LogP contribution < -0.4 is 11.1 Å². The summed E-state index contributed by atoms with van der Waals surface area (Å²) >= 11 is 0. The molecule has 3 rings (SSSR count). The Hall–Kier alpha value is -3.08. The molecule has 1 aromatic heterocycles. The van der Waals surface area contributed by atoms with Crippen LogP contribution in [0.25, 0.3) is 10.9 Å². The second-order valence-corrected chi connectivity index (χ2v) is 6.91. The van der Waals surface area contributed by atoms with Crippen molar-refractivity contribution in [2.24, 2.45) is 11.7 Å². The van der Waals surface area contributed by atoms with Gasteiger partial charge in [-0.15, -0.1) is 0 Å². The third-order valence-electron chi connectivity index (χ3n) is 5.04. The topological polar surface area (TPSA) is 77.1 Å². The highest BCUT2D eigenvalue weighted by Gasteiger charge is 2.25. The Morgan fingerprint density at radius 3 is 2.41 bits per heavy atom. The van der Waals surface area contributed by atoms with Crippen LogP contribution in [-0.4, -0.2) is 22.4 Å². The Morgan fingerprint density at radius 2 is 1.74 bits per heavy atom. The number of nitrogens with two attached hydrogens (primary N) is 1. The largest absolute Gasteiger partial charge is 0.368 e. The first-order valence-corrected chi connectivity index (χ1v) is 9.23. The van der Waals surface area contributed by atoms with Crippen LogP contribution >= 0.6 is 0 Å². The van der Waals surface area contributed by atoms with Crippen LogP contribution in [0.15, 0.2) is 60.8 Å². The van der Waals surface area contributed by atoms with E-state index in [0.29, 0.717) is 12.1 Å². The Kier molecular flexibility index (Phi) is 5.60. The van der Waals surface area contributed by atoms with Crippen LogP contribution in [0, 0.1) is 5.92 Å². The predicted octanol–water partition coefficient (Wildman–Crippen LogP) is 3.32. The summed E-state index contributed by atoms with van der Waals surface area (Å²) in [7, 11) is 0. The fourth-order valence-electron chi connectivity index (χ4n) is 3.29. The van der Waals surface area contributed by atoms with Gasteiger partial charge in [0.25, 0.3) is 5.91 Å². The number of amides is 2. The summed E-state index contributed by atoms with van der Waals surface area (Å²) in [6, 6.07) is 17.2. The predicted molar refractivity (Wildman–Crippen MR) is 107 cm³/mol. The molecule has 0 aliphatic carbocycles. The molecule has 0 radical (unpaired) electrons. The number of rotatable bonds is 7. The van der Waals surface area contributed by atoms with E-state index >= 15 is 0 Å². The summed E-state index contributed by atoms with van der Waals surface area (Å²) in [5.41, 5.74) is 8.18. The molecule has 3 N–H and O–H groups in total. The van der Waals surface area contributed by atoms with Crippen LogP contribution in [0.3, 0.4) is 0 Å². The molecule has 2 amide bonds. The first-order valence-electron chi connectivity index (χ1n) is 9.23. The van der Waals surface area contributed by atoms with Crippen molar-refractivity contribution in [2.45, 2.75) is 32.9 Å². The van der Waals surface area contributed by atoms with Gasteiger partial charge < -0.3 is 15.6 Å². The van der Waals surface area contributed by atoms with Crippen molar-refractivity contribution in [1.29, 1.82) is 0 Å².